The van der Waals surface area contributed by atoms with Crippen molar-refractivity contribution >= 4 is 10.0 Å². The van der Waals surface area contributed by atoms with E-state index in [0.29, 0.717) is 13.1 Å². The van der Waals surface area contributed by atoms with Crippen molar-refractivity contribution in [2.24, 2.45) is 0 Å². The zero-order valence-corrected chi connectivity index (χ0v) is 12.6. The number of piperazine rings is 1. The number of hydrogen-bond donors (Lipinski definition) is 0. The molecule has 0 saturated carbocycles. The van der Waals surface area contributed by atoms with Crippen LogP contribution in [0.5, 0.6) is 0 Å². The molecule has 0 N–H and O–H groups in total. The van der Waals surface area contributed by atoms with Crippen LogP contribution in [0.1, 0.15) is 12.0 Å². The Bertz CT molecular complexity index is 540. The van der Waals surface area contributed by atoms with Gasteiger partial charge in [-0.05, 0) is 37.1 Å². The fraction of sp³-hybridized carbons (Fsp3) is 0.571. The quantitative estimate of drug-likeness (QED) is 0.824. The van der Waals surface area contributed by atoms with Crippen LogP contribution in [0.2, 0.25) is 0 Å². The van der Waals surface area contributed by atoms with Crippen LogP contribution < -0.4 is 0 Å². The van der Waals surface area contributed by atoms with E-state index in [1.807, 2.05) is 6.07 Å². The van der Waals surface area contributed by atoms with E-state index in [1.54, 1.807) is 12.1 Å². The van der Waals surface area contributed by atoms with Crippen LogP contribution in [0.4, 0.5) is 4.39 Å². The smallest absolute Gasteiger partial charge is 0.211 e. The van der Waals surface area contributed by atoms with Crippen LogP contribution in [0.15, 0.2) is 24.3 Å². The summed E-state index contributed by atoms with van der Waals surface area (Å²) in [5.74, 6) is -0.190. The third kappa shape index (κ3) is 4.54. The van der Waals surface area contributed by atoms with Gasteiger partial charge in [0.1, 0.15) is 5.82 Å². The van der Waals surface area contributed by atoms with Crippen molar-refractivity contribution < 1.29 is 12.8 Å². The van der Waals surface area contributed by atoms with Gasteiger partial charge in [0.15, 0.2) is 0 Å². The van der Waals surface area contributed by atoms with E-state index in [1.165, 1.54) is 16.6 Å². The van der Waals surface area contributed by atoms with Crippen molar-refractivity contribution in [1.29, 1.82) is 0 Å². The Morgan fingerprint density at radius 3 is 2.50 bits per heavy atom. The third-order valence-corrected chi connectivity index (χ3v) is 4.93. The van der Waals surface area contributed by atoms with E-state index >= 15 is 0 Å². The topological polar surface area (TPSA) is 40.6 Å². The average molecular weight is 300 g/mol. The number of benzene rings is 1. The maximum Gasteiger partial charge on any atom is 0.211 e. The van der Waals surface area contributed by atoms with Gasteiger partial charge >= 0.3 is 0 Å². The van der Waals surface area contributed by atoms with Crippen LogP contribution in [0.3, 0.4) is 0 Å². The summed E-state index contributed by atoms with van der Waals surface area (Å²) in [6, 6.07) is 6.69. The predicted octanol–water partition coefficient (Wildman–Crippen LogP) is 1.34. The lowest BCUT2D eigenvalue weighted by Crippen LogP contribution is -2.48. The minimum atomic E-state index is -3.05. The highest BCUT2D eigenvalue weighted by Gasteiger charge is 2.22. The first-order valence-electron chi connectivity index (χ1n) is 6.87. The summed E-state index contributed by atoms with van der Waals surface area (Å²) in [4.78, 5) is 2.26. The molecule has 0 bridgehead atoms. The molecule has 2 rings (SSSR count). The number of aryl methyl sites for hydroxylation is 1. The summed E-state index contributed by atoms with van der Waals surface area (Å²) in [5.41, 5.74) is 1.01. The monoisotopic (exact) mass is 300 g/mol. The number of nitrogens with zero attached hydrogens (tertiary/aromatic N) is 2. The molecule has 0 spiro atoms. The molecule has 0 aromatic heterocycles. The van der Waals surface area contributed by atoms with E-state index < -0.39 is 10.0 Å². The molecule has 0 unspecified atom stereocenters. The molecule has 0 atom stereocenters. The Balaban J connectivity index is 1.71. The van der Waals surface area contributed by atoms with Gasteiger partial charge in [0, 0.05) is 26.2 Å². The molecular formula is C14H21FN2O2S. The second-order valence-corrected chi connectivity index (χ2v) is 7.22. The van der Waals surface area contributed by atoms with Crippen molar-refractivity contribution in [1.82, 2.24) is 9.21 Å². The lowest BCUT2D eigenvalue weighted by atomic mass is 10.1. The van der Waals surface area contributed by atoms with Gasteiger partial charge in [0.2, 0.25) is 10.0 Å². The molecular weight excluding hydrogens is 279 g/mol. The molecule has 0 radical (unpaired) electrons. The van der Waals surface area contributed by atoms with Gasteiger partial charge in [-0.1, -0.05) is 12.1 Å². The van der Waals surface area contributed by atoms with E-state index in [-0.39, 0.29) is 5.82 Å². The van der Waals surface area contributed by atoms with E-state index in [9.17, 15) is 12.8 Å². The molecule has 20 heavy (non-hydrogen) atoms. The molecule has 1 aliphatic rings. The Kier molecular flexibility index (Phi) is 5.12. The lowest BCUT2D eigenvalue weighted by Gasteiger charge is -2.33. The summed E-state index contributed by atoms with van der Waals surface area (Å²) >= 11 is 0. The maximum atomic E-state index is 13.0. The molecule has 0 aliphatic carbocycles. The second kappa shape index (κ2) is 6.65. The molecule has 0 amide bonds. The zero-order chi connectivity index (χ0) is 14.6. The number of halogens is 1. The Morgan fingerprint density at radius 2 is 1.90 bits per heavy atom. The molecule has 1 fully saturated rings. The molecule has 6 heteroatoms. The van der Waals surface area contributed by atoms with Gasteiger partial charge in [-0.3, -0.25) is 0 Å². The molecule has 1 aliphatic heterocycles. The van der Waals surface area contributed by atoms with E-state index in [2.05, 4.69) is 4.90 Å². The van der Waals surface area contributed by atoms with Crippen molar-refractivity contribution in [2.45, 2.75) is 12.8 Å². The first kappa shape index (κ1) is 15.4. The largest absolute Gasteiger partial charge is 0.301 e. The normalized spacial score (nSPS) is 18.3. The highest BCUT2D eigenvalue weighted by molar-refractivity contribution is 7.88. The lowest BCUT2D eigenvalue weighted by molar-refractivity contribution is 0.187. The number of hydrogen-bond acceptors (Lipinski definition) is 3. The third-order valence-electron chi connectivity index (χ3n) is 3.63. The minimum Gasteiger partial charge on any atom is -0.301 e. The molecule has 1 aromatic carbocycles. The SMILES string of the molecule is CS(=O)(=O)N1CCN(CCCc2cccc(F)c2)CC1. The van der Waals surface area contributed by atoms with Crippen LogP contribution in [0.25, 0.3) is 0 Å². The van der Waals surface area contributed by atoms with Crippen molar-refractivity contribution in [3.63, 3.8) is 0 Å². The summed E-state index contributed by atoms with van der Waals surface area (Å²) in [6.07, 6.45) is 3.07. The molecule has 1 aromatic rings. The molecule has 112 valence electrons. The van der Waals surface area contributed by atoms with Gasteiger partial charge in [-0.15, -0.1) is 0 Å². The Morgan fingerprint density at radius 1 is 1.20 bits per heavy atom. The summed E-state index contributed by atoms with van der Waals surface area (Å²) in [5, 5.41) is 0. The average Bonchev–Trinajstić information content (AvgIpc) is 2.38. The highest BCUT2D eigenvalue weighted by Crippen LogP contribution is 2.09. The van der Waals surface area contributed by atoms with E-state index in [0.717, 1.165) is 38.0 Å². The first-order chi connectivity index (χ1) is 9.45. The Labute approximate surface area is 120 Å². The summed E-state index contributed by atoms with van der Waals surface area (Å²) in [7, 11) is -3.05. The van der Waals surface area contributed by atoms with Gasteiger partial charge in [-0.2, -0.15) is 4.31 Å². The number of rotatable bonds is 5. The number of sulfonamides is 1. The fourth-order valence-electron chi connectivity index (χ4n) is 2.48. The van der Waals surface area contributed by atoms with Gasteiger partial charge in [0.05, 0.1) is 6.26 Å². The van der Waals surface area contributed by atoms with Crippen LogP contribution in [-0.4, -0.2) is 56.6 Å². The summed E-state index contributed by atoms with van der Waals surface area (Å²) in [6.45, 7) is 3.61. The standard InChI is InChI=1S/C14H21FN2O2S/c1-20(18,19)17-10-8-16(9-11-17)7-3-5-13-4-2-6-14(15)12-13/h2,4,6,12H,3,5,7-11H2,1H3. The maximum absolute atomic E-state index is 13.0. The predicted molar refractivity (Wildman–Crippen MR) is 77.6 cm³/mol. The van der Waals surface area contributed by atoms with Crippen molar-refractivity contribution in [2.75, 3.05) is 39.0 Å². The van der Waals surface area contributed by atoms with Crippen LogP contribution in [0, 0.1) is 5.82 Å². The van der Waals surface area contributed by atoms with Crippen LogP contribution in [-0.2, 0) is 16.4 Å². The van der Waals surface area contributed by atoms with Crippen molar-refractivity contribution in [3.8, 4) is 0 Å². The highest BCUT2D eigenvalue weighted by atomic mass is 32.2. The Hall–Kier alpha value is -0.980. The molecule has 1 saturated heterocycles. The summed E-state index contributed by atoms with van der Waals surface area (Å²) < 4.78 is 37.3. The minimum absolute atomic E-state index is 0.190. The fourth-order valence-corrected chi connectivity index (χ4v) is 3.31. The molecule has 4 nitrogen and oxygen atoms in total. The van der Waals surface area contributed by atoms with Gasteiger partial charge in [-0.25, -0.2) is 12.8 Å². The van der Waals surface area contributed by atoms with Crippen molar-refractivity contribution in [3.05, 3.63) is 35.6 Å². The van der Waals surface area contributed by atoms with E-state index in [4.69, 9.17) is 0 Å². The van der Waals surface area contributed by atoms with Gasteiger partial charge in [0.25, 0.3) is 0 Å². The first-order valence-corrected chi connectivity index (χ1v) is 8.72. The van der Waals surface area contributed by atoms with Gasteiger partial charge < -0.3 is 4.90 Å². The second-order valence-electron chi connectivity index (χ2n) is 5.24. The van der Waals surface area contributed by atoms with Crippen LogP contribution >= 0.6 is 0 Å². The molecule has 1 heterocycles. The zero-order valence-electron chi connectivity index (χ0n) is 11.8.